The Kier molecular flexibility index (Phi) is 7.23. The van der Waals surface area contributed by atoms with E-state index in [1.807, 2.05) is 84.9 Å². The monoisotopic (exact) mass is 474 g/mol. The van der Waals surface area contributed by atoms with Crippen LogP contribution in [-0.4, -0.2) is 23.9 Å². The molecule has 2 amide bonds. The quantitative estimate of drug-likeness (QED) is 0.335. The molecule has 2 N–H and O–H groups in total. The van der Waals surface area contributed by atoms with E-state index in [4.69, 9.17) is 0 Å². The number of benzene rings is 4. The van der Waals surface area contributed by atoms with Gasteiger partial charge in [-0.15, -0.1) is 0 Å². The third-order valence-corrected chi connectivity index (χ3v) is 6.91. The summed E-state index contributed by atoms with van der Waals surface area (Å²) in [5.41, 5.74) is 5.65. The molecule has 4 nitrogen and oxygen atoms in total. The highest BCUT2D eigenvalue weighted by Crippen LogP contribution is 2.23. The summed E-state index contributed by atoms with van der Waals surface area (Å²) in [5, 5.41) is 6.36. The van der Waals surface area contributed by atoms with Gasteiger partial charge in [0, 0.05) is 23.2 Å². The Morgan fingerprint density at radius 1 is 0.472 bits per heavy atom. The Morgan fingerprint density at radius 3 is 1.17 bits per heavy atom. The molecule has 0 spiro atoms. The lowest BCUT2D eigenvalue weighted by Crippen LogP contribution is -2.53. The molecular weight excluding hydrogens is 444 g/mol. The highest BCUT2D eigenvalue weighted by atomic mass is 16.2. The first-order chi connectivity index (χ1) is 17.7. The molecule has 1 saturated carbocycles. The second-order valence-electron chi connectivity index (χ2n) is 9.33. The fraction of sp³-hybridized carbons (Fsp3) is 0.188. The highest BCUT2D eigenvalue weighted by Gasteiger charge is 2.28. The van der Waals surface area contributed by atoms with Gasteiger partial charge in [-0.3, -0.25) is 9.59 Å². The Morgan fingerprint density at radius 2 is 0.806 bits per heavy atom. The van der Waals surface area contributed by atoms with Gasteiger partial charge in [-0.1, -0.05) is 97.8 Å². The van der Waals surface area contributed by atoms with Crippen LogP contribution in [0.15, 0.2) is 109 Å². The van der Waals surface area contributed by atoms with Gasteiger partial charge in [-0.2, -0.15) is 0 Å². The van der Waals surface area contributed by atoms with E-state index >= 15 is 0 Å². The van der Waals surface area contributed by atoms with Crippen molar-refractivity contribution in [3.63, 3.8) is 0 Å². The molecular formula is C32H30N2O2. The second kappa shape index (κ2) is 11.0. The van der Waals surface area contributed by atoms with E-state index in [0.29, 0.717) is 11.1 Å². The smallest absolute Gasteiger partial charge is 0.251 e. The standard InChI is InChI=1S/C32H30N2O2/c35-31(27-19-15-25(16-20-27)23-9-3-1-4-10-23)33-29-13-7-8-14-30(29)34-32(36)28-21-17-26(18-22-28)24-11-5-2-6-12-24/h1-6,9-12,15-22,29-30H,7-8,13-14H2,(H,33,35)(H,34,36)/t29-,30+. The number of carbonyl (C=O) groups is 2. The van der Waals surface area contributed by atoms with Gasteiger partial charge >= 0.3 is 0 Å². The van der Waals surface area contributed by atoms with Crippen LogP contribution in [-0.2, 0) is 0 Å². The van der Waals surface area contributed by atoms with E-state index in [2.05, 4.69) is 34.9 Å². The maximum absolute atomic E-state index is 13.0. The summed E-state index contributed by atoms with van der Waals surface area (Å²) in [6, 6.07) is 35.4. The molecule has 0 saturated heterocycles. The largest absolute Gasteiger partial charge is 0.347 e. The topological polar surface area (TPSA) is 58.2 Å². The first-order valence-electron chi connectivity index (χ1n) is 12.6. The van der Waals surface area contributed by atoms with Gasteiger partial charge < -0.3 is 10.6 Å². The van der Waals surface area contributed by atoms with Crippen molar-refractivity contribution in [3.8, 4) is 22.3 Å². The van der Waals surface area contributed by atoms with Crippen LogP contribution in [0, 0.1) is 0 Å². The summed E-state index contributed by atoms with van der Waals surface area (Å²) in [6.45, 7) is 0. The number of amides is 2. The van der Waals surface area contributed by atoms with Crippen LogP contribution in [0.5, 0.6) is 0 Å². The van der Waals surface area contributed by atoms with Crippen molar-refractivity contribution in [1.29, 1.82) is 0 Å². The predicted octanol–water partition coefficient (Wildman–Crippen LogP) is 6.49. The summed E-state index contributed by atoms with van der Waals surface area (Å²) in [4.78, 5) is 26.0. The van der Waals surface area contributed by atoms with Crippen molar-refractivity contribution < 1.29 is 9.59 Å². The molecule has 4 heteroatoms. The minimum absolute atomic E-state index is 0.0902. The molecule has 0 unspecified atom stereocenters. The number of hydrogen-bond donors (Lipinski definition) is 2. The normalized spacial score (nSPS) is 17.2. The van der Waals surface area contributed by atoms with E-state index in [9.17, 15) is 9.59 Å². The van der Waals surface area contributed by atoms with Crippen molar-refractivity contribution in [2.45, 2.75) is 37.8 Å². The SMILES string of the molecule is O=C(N[C@H]1CCCC[C@H]1NC(=O)c1ccc(-c2ccccc2)cc1)c1ccc(-c2ccccc2)cc1. The van der Waals surface area contributed by atoms with Gasteiger partial charge in [-0.05, 0) is 59.4 Å². The van der Waals surface area contributed by atoms with Gasteiger partial charge in [-0.25, -0.2) is 0 Å². The molecule has 1 fully saturated rings. The molecule has 0 heterocycles. The lowest BCUT2D eigenvalue weighted by molar-refractivity contribution is 0.0863. The summed E-state index contributed by atoms with van der Waals surface area (Å²) in [7, 11) is 0. The number of carbonyl (C=O) groups excluding carboxylic acids is 2. The summed E-state index contributed by atoms with van der Waals surface area (Å²) >= 11 is 0. The average molecular weight is 475 g/mol. The lowest BCUT2D eigenvalue weighted by atomic mass is 9.89. The maximum Gasteiger partial charge on any atom is 0.251 e. The Bertz CT molecular complexity index is 1200. The van der Waals surface area contributed by atoms with E-state index in [1.54, 1.807) is 0 Å². The molecule has 0 bridgehead atoms. The molecule has 180 valence electrons. The van der Waals surface area contributed by atoms with Crippen LogP contribution >= 0.6 is 0 Å². The molecule has 4 aromatic rings. The minimum Gasteiger partial charge on any atom is -0.347 e. The van der Waals surface area contributed by atoms with Crippen LogP contribution in [0.4, 0.5) is 0 Å². The van der Waals surface area contributed by atoms with Gasteiger partial charge in [0.25, 0.3) is 11.8 Å². The summed E-state index contributed by atoms with van der Waals surface area (Å²) < 4.78 is 0. The Hall–Kier alpha value is -4.18. The number of nitrogens with one attached hydrogen (secondary N) is 2. The zero-order chi connectivity index (χ0) is 24.7. The molecule has 2 atom stereocenters. The molecule has 5 rings (SSSR count). The predicted molar refractivity (Wildman–Crippen MR) is 145 cm³/mol. The van der Waals surface area contributed by atoms with Gasteiger partial charge in [0.1, 0.15) is 0 Å². The fourth-order valence-corrected chi connectivity index (χ4v) is 4.87. The molecule has 1 aliphatic rings. The van der Waals surface area contributed by atoms with Crippen molar-refractivity contribution in [3.05, 3.63) is 120 Å². The second-order valence-corrected chi connectivity index (χ2v) is 9.33. The maximum atomic E-state index is 13.0. The van der Waals surface area contributed by atoms with Gasteiger partial charge in [0.2, 0.25) is 0 Å². The first kappa shape index (κ1) is 23.6. The van der Waals surface area contributed by atoms with Crippen molar-refractivity contribution in [2.75, 3.05) is 0 Å². The van der Waals surface area contributed by atoms with E-state index < -0.39 is 0 Å². The molecule has 36 heavy (non-hydrogen) atoms. The number of rotatable bonds is 6. The van der Waals surface area contributed by atoms with E-state index in [-0.39, 0.29) is 23.9 Å². The Balaban J connectivity index is 1.22. The van der Waals surface area contributed by atoms with Crippen molar-refractivity contribution in [2.24, 2.45) is 0 Å². The zero-order valence-electron chi connectivity index (χ0n) is 20.2. The fourth-order valence-electron chi connectivity index (χ4n) is 4.87. The van der Waals surface area contributed by atoms with E-state index in [0.717, 1.165) is 47.9 Å². The van der Waals surface area contributed by atoms with E-state index in [1.165, 1.54) is 0 Å². The van der Waals surface area contributed by atoms with Crippen LogP contribution < -0.4 is 10.6 Å². The highest BCUT2D eigenvalue weighted by molar-refractivity contribution is 5.96. The Labute approximate surface area is 212 Å². The lowest BCUT2D eigenvalue weighted by Gasteiger charge is -2.33. The summed E-state index contributed by atoms with van der Waals surface area (Å²) in [5.74, 6) is -0.207. The molecule has 0 radical (unpaired) electrons. The first-order valence-corrected chi connectivity index (χ1v) is 12.6. The average Bonchev–Trinajstić information content (AvgIpc) is 2.95. The molecule has 1 aliphatic carbocycles. The van der Waals surface area contributed by atoms with Crippen molar-refractivity contribution >= 4 is 11.8 Å². The summed E-state index contributed by atoms with van der Waals surface area (Å²) in [6.07, 6.45) is 3.78. The van der Waals surface area contributed by atoms with Crippen LogP contribution in [0.25, 0.3) is 22.3 Å². The van der Waals surface area contributed by atoms with Crippen LogP contribution in [0.2, 0.25) is 0 Å². The van der Waals surface area contributed by atoms with Gasteiger partial charge in [0.15, 0.2) is 0 Å². The van der Waals surface area contributed by atoms with Crippen molar-refractivity contribution in [1.82, 2.24) is 10.6 Å². The minimum atomic E-state index is -0.104. The zero-order valence-corrected chi connectivity index (χ0v) is 20.2. The molecule has 4 aromatic carbocycles. The van der Waals surface area contributed by atoms with Crippen LogP contribution in [0.3, 0.4) is 0 Å². The number of hydrogen-bond acceptors (Lipinski definition) is 2. The third-order valence-electron chi connectivity index (χ3n) is 6.91. The molecule has 0 aromatic heterocycles. The van der Waals surface area contributed by atoms with Crippen LogP contribution in [0.1, 0.15) is 46.4 Å². The van der Waals surface area contributed by atoms with Gasteiger partial charge in [0.05, 0.1) is 0 Å². The third kappa shape index (κ3) is 5.55. The molecule has 0 aliphatic heterocycles.